The molecule has 0 spiro atoms. The third-order valence-corrected chi connectivity index (χ3v) is 1.39. The first-order valence-corrected chi connectivity index (χ1v) is 3.41. The van der Waals surface area contributed by atoms with Crippen LogP contribution in [0.3, 0.4) is 0 Å². The van der Waals surface area contributed by atoms with E-state index in [1.54, 1.807) is 0 Å². The van der Waals surface area contributed by atoms with Crippen LogP contribution in [0.5, 0.6) is 0 Å². The number of carboxylic acids is 1. The first-order valence-electron chi connectivity index (χ1n) is 3.41. The average Bonchev–Trinajstić information content (AvgIpc) is 2.51. The number of nitrogens with zero attached hydrogens (tertiary/aromatic N) is 3. The molecule has 0 fully saturated rings. The van der Waals surface area contributed by atoms with Gasteiger partial charge in [0.1, 0.15) is 6.04 Å². The molecule has 7 nitrogen and oxygen atoms in total. The van der Waals surface area contributed by atoms with Crippen molar-refractivity contribution in [2.45, 2.75) is 18.9 Å². The lowest BCUT2D eigenvalue weighted by atomic mass is 10.2. The Hall–Kier alpha value is -1.50. The summed E-state index contributed by atoms with van der Waals surface area (Å²) in [6.45, 7) is 0. The highest BCUT2D eigenvalue weighted by Crippen LogP contribution is 1.95. The molecule has 66 valence electrons. The van der Waals surface area contributed by atoms with Crippen molar-refractivity contribution in [2.75, 3.05) is 0 Å². The smallest absolute Gasteiger partial charge is 0.320 e. The standard InChI is InChI=1S/C5H9N5O2/c6-3(5(11)12)1-2-4-7-9-10-8-4/h3H,1-2,6H2,(H,11,12)(H,7,8,9,10)/t3-/m0/s1. The molecule has 1 aromatic heterocycles. The zero-order valence-electron chi connectivity index (χ0n) is 6.27. The number of hydrogen-bond acceptors (Lipinski definition) is 5. The van der Waals surface area contributed by atoms with Crippen molar-refractivity contribution in [3.63, 3.8) is 0 Å². The van der Waals surface area contributed by atoms with E-state index in [1.807, 2.05) is 0 Å². The van der Waals surface area contributed by atoms with Gasteiger partial charge >= 0.3 is 5.97 Å². The van der Waals surface area contributed by atoms with Gasteiger partial charge in [-0.15, -0.1) is 10.2 Å². The molecule has 0 aliphatic carbocycles. The van der Waals surface area contributed by atoms with Crippen LogP contribution in [0.1, 0.15) is 12.2 Å². The lowest BCUT2D eigenvalue weighted by molar-refractivity contribution is -0.138. The second-order valence-corrected chi connectivity index (χ2v) is 2.31. The molecule has 0 saturated heterocycles. The second-order valence-electron chi connectivity index (χ2n) is 2.31. The lowest BCUT2D eigenvalue weighted by Crippen LogP contribution is -2.30. The second kappa shape index (κ2) is 3.77. The maximum absolute atomic E-state index is 10.3. The van der Waals surface area contributed by atoms with Gasteiger partial charge in [0.25, 0.3) is 0 Å². The minimum absolute atomic E-state index is 0.314. The summed E-state index contributed by atoms with van der Waals surface area (Å²) in [5.74, 6) is -0.537. The molecule has 1 aromatic rings. The molecule has 0 amide bonds. The van der Waals surface area contributed by atoms with Crippen molar-refractivity contribution >= 4 is 5.97 Å². The zero-order valence-corrected chi connectivity index (χ0v) is 6.27. The fourth-order valence-electron chi connectivity index (χ4n) is 0.696. The summed E-state index contributed by atoms with van der Waals surface area (Å²) < 4.78 is 0. The van der Waals surface area contributed by atoms with Crippen LogP contribution in [0.2, 0.25) is 0 Å². The molecule has 0 aliphatic rings. The Morgan fingerprint density at radius 1 is 1.75 bits per heavy atom. The van der Waals surface area contributed by atoms with E-state index in [9.17, 15) is 4.79 Å². The number of aromatic nitrogens is 4. The fourth-order valence-corrected chi connectivity index (χ4v) is 0.696. The molecule has 0 bridgehead atoms. The van der Waals surface area contributed by atoms with Crippen molar-refractivity contribution < 1.29 is 9.90 Å². The van der Waals surface area contributed by atoms with Gasteiger partial charge in [-0.2, -0.15) is 5.21 Å². The molecule has 0 saturated carbocycles. The Balaban J connectivity index is 2.31. The minimum atomic E-state index is -1.02. The fraction of sp³-hybridized carbons (Fsp3) is 0.600. The van der Waals surface area contributed by atoms with Crippen LogP contribution in [-0.4, -0.2) is 37.7 Å². The normalized spacial score (nSPS) is 12.8. The van der Waals surface area contributed by atoms with Gasteiger partial charge in [0.2, 0.25) is 0 Å². The summed E-state index contributed by atoms with van der Waals surface area (Å²) in [6.07, 6.45) is 0.735. The van der Waals surface area contributed by atoms with Gasteiger partial charge in [-0.05, 0) is 6.42 Å². The molecular weight excluding hydrogens is 162 g/mol. The predicted molar refractivity (Wildman–Crippen MR) is 38.1 cm³/mol. The Morgan fingerprint density at radius 2 is 2.50 bits per heavy atom. The molecule has 1 heterocycles. The lowest BCUT2D eigenvalue weighted by Gasteiger charge is -2.01. The van der Waals surface area contributed by atoms with Crippen LogP contribution in [0.4, 0.5) is 0 Å². The summed E-state index contributed by atoms with van der Waals surface area (Å²) in [6, 6.07) is -0.858. The molecular formula is C5H9N5O2. The van der Waals surface area contributed by atoms with Crippen LogP contribution in [-0.2, 0) is 11.2 Å². The van der Waals surface area contributed by atoms with Crippen molar-refractivity contribution in [3.05, 3.63) is 5.82 Å². The Morgan fingerprint density at radius 3 is 3.00 bits per heavy atom. The Labute approximate surface area is 68.0 Å². The van der Waals surface area contributed by atoms with Crippen LogP contribution in [0.15, 0.2) is 0 Å². The van der Waals surface area contributed by atoms with Crippen LogP contribution in [0, 0.1) is 0 Å². The quantitative estimate of drug-likeness (QED) is 0.509. The van der Waals surface area contributed by atoms with Gasteiger partial charge in [-0.25, -0.2) is 0 Å². The van der Waals surface area contributed by atoms with E-state index in [1.165, 1.54) is 0 Å². The number of carboxylic acid groups (broad SMARTS) is 1. The van der Waals surface area contributed by atoms with Crippen LogP contribution in [0.25, 0.3) is 0 Å². The molecule has 12 heavy (non-hydrogen) atoms. The molecule has 0 radical (unpaired) electrons. The third-order valence-electron chi connectivity index (χ3n) is 1.39. The number of rotatable bonds is 4. The largest absolute Gasteiger partial charge is 0.480 e. The van der Waals surface area contributed by atoms with E-state index in [0.717, 1.165) is 0 Å². The number of aromatic amines is 1. The topological polar surface area (TPSA) is 118 Å². The molecule has 1 atom stereocenters. The summed E-state index contributed by atoms with van der Waals surface area (Å²) in [5.41, 5.74) is 5.25. The number of nitrogens with one attached hydrogen (secondary N) is 1. The number of carbonyl (C=O) groups is 1. The summed E-state index contributed by atoms with van der Waals surface area (Å²) in [4.78, 5) is 10.3. The van der Waals surface area contributed by atoms with Gasteiger partial charge in [0.05, 0.1) is 0 Å². The summed E-state index contributed by atoms with van der Waals surface area (Å²) >= 11 is 0. The number of tetrazole rings is 1. The maximum Gasteiger partial charge on any atom is 0.320 e. The number of H-pyrrole nitrogens is 1. The number of hydrogen-bond donors (Lipinski definition) is 3. The van der Waals surface area contributed by atoms with Crippen molar-refractivity contribution in [1.29, 1.82) is 0 Å². The zero-order chi connectivity index (χ0) is 8.97. The number of aliphatic carboxylic acids is 1. The molecule has 4 N–H and O–H groups in total. The van der Waals surface area contributed by atoms with Crippen molar-refractivity contribution in [1.82, 2.24) is 20.6 Å². The molecule has 0 unspecified atom stereocenters. The van der Waals surface area contributed by atoms with E-state index in [4.69, 9.17) is 10.8 Å². The van der Waals surface area contributed by atoms with E-state index in [0.29, 0.717) is 18.7 Å². The third kappa shape index (κ3) is 2.27. The van der Waals surface area contributed by atoms with E-state index in [-0.39, 0.29) is 0 Å². The van der Waals surface area contributed by atoms with Gasteiger partial charge in [0, 0.05) is 6.42 Å². The molecule has 1 rings (SSSR count). The predicted octanol–water partition coefficient (Wildman–Crippen LogP) is -1.46. The highest BCUT2D eigenvalue weighted by atomic mass is 16.4. The van der Waals surface area contributed by atoms with Crippen LogP contribution < -0.4 is 5.73 Å². The monoisotopic (exact) mass is 171 g/mol. The summed E-state index contributed by atoms with van der Waals surface area (Å²) in [5, 5.41) is 21.3. The molecule has 7 heteroatoms. The molecule has 0 aromatic carbocycles. The van der Waals surface area contributed by atoms with Gasteiger partial charge in [-0.1, -0.05) is 5.21 Å². The van der Waals surface area contributed by atoms with Gasteiger partial charge in [-0.3, -0.25) is 4.79 Å². The SMILES string of the molecule is N[C@@H](CCc1nn[nH]n1)C(=O)O. The number of nitrogens with two attached hydrogens (primary N) is 1. The van der Waals surface area contributed by atoms with E-state index < -0.39 is 12.0 Å². The highest BCUT2D eigenvalue weighted by molar-refractivity contribution is 5.72. The maximum atomic E-state index is 10.3. The Kier molecular flexibility index (Phi) is 2.70. The summed E-state index contributed by atoms with van der Waals surface area (Å²) in [7, 11) is 0. The van der Waals surface area contributed by atoms with E-state index in [2.05, 4.69) is 20.6 Å². The van der Waals surface area contributed by atoms with Crippen molar-refractivity contribution in [2.24, 2.45) is 5.73 Å². The number of aryl methyl sites for hydroxylation is 1. The van der Waals surface area contributed by atoms with E-state index >= 15 is 0 Å². The first-order chi connectivity index (χ1) is 5.70. The highest BCUT2D eigenvalue weighted by Gasteiger charge is 2.11. The molecule has 0 aliphatic heterocycles. The average molecular weight is 171 g/mol. The minimum Gasteiger partial charge on any atom is -0.480 e. The van der Waals surface area contributed by atoms with Crippen LogP contribution >= 0.6 is 0 Å². The van der Waals surface area contributed by atoms with Crippen molar-refractivity contribution in [3.8, 4) is 0 Å². The first kappa shape index (κ1) is 8.60. The van der Waals surface area contributed by atoms with Gasteiger partial charge < -0.3 is 10.8 Å². The Bertz CT molecular complexity index is 246. The van der Waals surface area contributed by atoms with Gasteiger partial charge in [0.15, 0.2) is 5.82 Å².